The number of carbonyl (C=O) groups is 1. The maximum absolute atomic E-state index is 12.4. The van der Waals surface area contributed by atoms with Gasteiger partial charge < -0.3 is 10.4 Å². The van der Waals surface area contributed by atoms with Crippen molar-refractivity contribution in [2.75, 3.05) is 0 Å². The molecule has 1 aromatic carbocycles. The van der Waals surface area contributed by atoms with E-state index in [1.807, 2.05) is 24.3 Å². The van der Waals surface area contributed by atoms with Gasteiger partial charge in [0.15, 0.2) is 0 Å². The average molecular weight is 411 g/mol. The van der Waals surface area contributed by atoms with Gasteiger partial charge in [-0.25, -0.2) is 10.1 Å². The molecule has 2 saturated carbocycles. The number of amides is 1. The minimum absolute atomic E-state index is 0.0604. The van der Waals surface area contributed by atoms with E-state index in [9.17, 15) is 14.7 Å². The number of nitrogens with one attached hydrogen (secondary N) is 2. The van der Waals surface area contributed by atoms with Gasteiger partial charge in [0.1, 0.15) is 5.02 Å². The van der Waals surface area contributed by atoms with Gasteiger partial charge in [0.2, 0.25) is 5.88 Å². The van der Waals surface area contributed by atoms with Crippen LogP contribution in [-0.4, -0.2) is 32.2 Å². The molecule has 1 amide bonds. The molecule has 3 aromatic rings. The molecule has 2 fully saturated rings. The number of aromatic nitrogens is 3. The lowest BCUT2D eigenvalue weighted by atomic mass is 9.49. The molecular weight excluding hydrogens is 392 g/mol. The Kier molecular flexibility index (Phi) is 4.10. The number of pyridine rings is 1. The molecule has 0 atom stereocenters. The molecule has 0 unspecified atom stereocenters. The number of aromatic hydroxyl groups is 1. The summed E-state index contributed by atoms with van der Waals surface area (Å²) in [6.45, 7) is 0. The predicted octanol–water partition coefficient (Wildman–Crippen LogP) is 3.13. The number of nitrogens with zero attached hydrogens (tertiary/aromatic N) is 2. The highest BCUT2D eigenvalue weighted by molar-refractivity contribution is 6.32. The van der Waals surface area contributed by atoms with Gasteiger partial charge in [-0.15, -0.1) is 0 Å². The Balaban J connectivity index is 1.22. The fourth-order valence-corrected chi connectivity index (χ4v) is 5.04. The normalized spacial score (nSPS) is 25.4. The second-order valence-electron chi connectivity index (χ2n) is 8.20. The molecule has 8 heteroatoms. The van der Waals surface area contributed by atoms with Gasteiger partial charge in [0.05, 0.1) is 16.6 Å². The summed E-state index contributed by atoms with van der Waals surface area (Å²) in [6, 6.07) is 9.11. The fourth-order valence-electron chi connectivity index (χ4n) is 4.87. The molecule has 7 nitrogen and oxygen atoms in total. The molecule has 5 rings (SSSR count). The molecule has 2 aromatic heterocycles. The molecule has 1 spiro atoms. The Labute approximate surface area is 171 Å². The van der Waals surface area contributed by atoms with Crippen LogP contribution in [0.5, 0.6) is 5.88 Å². The van der Waals surface area contributed by atoms with Crippen LogP contribution < -0.4 is 10.9 Å². The smallest absolute Gasteiger partial charge is 0.272 e. The molecule has 0 aliphatic heterocycles. The van der Waals surface area contributed by atoms with Crippen LogP contribution in [0.15, 0.2) is 41.3 Å². The van der Waals surface area contributed by atoms with E-state index in [0.29, 0.717) is 16.9 Å². The van der Waals surface area contributed by atoms with E-state index < -0.39 is 0 Å². The Bertz CT molecular complexity index is 1180. The van der Waals surface area contributed by atoms with Crippen molar-refractivity contribution in [3.8, 4) is 5.88 Å². The quantitative estimate of drug-likeness (QED) is 0.614. The highest BCUT2D eigenvalue weighted by Crippen LogP contribution is 2.62. The number of halogens is 1. The van der Waals surface area contributed by atoms with Crippen molar-refractivity contribution in [2.45, 2.75) is 37.6 Å². The first-order valence-corrected chi connectivity index (χ1v) is 9.95. The first-order valence-electron chi connectivity index (χ1n) is 9.57. The van der Waals surface area contributed by atoms with Crippen LogP contribution in [0.25, 0.3) is 10.8 Å². The third kappa shape index (κ3) is 3.06. The Morgan fingerprint density at radius 2 is 1.93 bits per heavy atom. The van der Waals surface area contributed by atoms with E-state index in [4.69, 9.17) is 11.6 Å². The van der Waals surface area contributed by atoms with Crippen molar-refractivity contribution in [1.82, 2.24) is 20.5 Å². The summed E-state index contributed by atoms with van der Waals surface area (Å²) >= 11 is 5.82. The average Bonchev–Trinajstić information content (AvgIpc) is 2.66. The summed E-state index contributed by atoms with van der Waals surface area (Å²) in [7, 11) is 0. The number of rotatable bonds is 3. The van der Waals surface area contributed by atoms with E-state index in [0.717, 1.165) is 36.8 Å². The number of H-pyrrole nitrogens is 1. The van der Waals surface area contributed by atoms with Crippen LogP contribution in [0.2, 0.25) is 5.02 Å². The van der Waals surface area contributed by atoms with Gasteiger partial charge in [-0.3, -0.25) is 9.59 Å². The monoisotopic (exact) mass is 410 g/mol. The van der Waals surface area contributed by atoms with Crippen LogP contribution in [0, 0.1) is 5.41 Å². The van der Waals surface area contributed by atoms with E-state index in [2.05, 4.69) is 20.5 Å². The molecule has 2 aliphatic rings. The van der Waals surface area contributed by atoms with Crippen molar-refractivity contribution < 1.29 is 9.90 Å². The second-order valence-corrected chi connectivity index (χ2v) is 8.60. The van der Waals surface area contributed by atoms with Crippen molar-refractivity contribution >= 4 is 28.3 Å². The zero-order chi connectivity index (χ0) is 20.2. The number of benzene rings is 1. The Morgan fingerprint density at radius 3 is 2.66 bits per heavy atom. The van der Waals surface area contributed by atoms with E-state index >= 15 is 0 Å². The van der Waals surface area contributed by atoms with Gasteiger partial charge in [-0.05, 0) is 43.2 Å². The number of hydrogen-bond donors (Lipinski definition) is 3. The minimum atomic E-state index is -0.283. The third-order valence-electron chi connectivity index (χ3n) is 6.25. The largest absolute Gasteiger partial charge is 0.492 e. The van der Waals surface area contributed by atoms with E-state index in [1.165, 1.54) is 12.3 Å². The fraction of sp³-hybridized carbons (Fsp3) is 0.333. The maximum atomic E-state index is 12.4. The minimum Gasteiger partial charge on any atom is -0.492 e. The molecule has 0 bridgehead atoms. The summed E-state index contributed by atoms with van der Waals surface area (Å²) in [6.07, 6.45) is 5.19. The Hall–Kier alpha value is -2.93. The van der Waals surface area contributed by atoms with Crippen LogP contribution >= 0.6 is 11.6 Å². The molecule has 2 heterocycles. The first kappa shape index (κ1) is 18.1. The number of fused-ring (bicyclic) bond motifs is 1. The standard InChI is InChI=1S/C21H19ClN4O3/c22-16-5-11(10-23-20(16)29)18(27)24-13-8-21(9-13)6-12(7-21)17-14-3-1-2-4-15(14)19(28)26-25-17/h1-5,10,12-13H,6-9H2,(H,23,29)(H,24,27)(H,26,28)/t12-,13-,21?. The van der Waals surface area contributed by atoms with Crippen LogP contribution in [0.4, 0.5) is 0 Å². The van der Waals surface area contributed by atoms with Crippen molar-refractivity contribution in [3.63, 3.8) is 0 Å². The molecule has 3 N–H and O–H groups in total. The topological polar surface area (TPSA) is 108 Å². The Morgan fingerprint density at radius 1 is 1.21 bits per heavy atom. The van der Waals surface area contributed by atoms with E-state index in [1.54, 1.807) is 0 Å². The van der Waals surface area contributed by atoms with Gasteiger partial charge in [-0.1, -0.05) is 29.8 Å². The van der Waals surface area contributed by atoms with Gasteiger partial charge in [0, 0.05) is 23.5 Å². The van der Waals surface area contributed by atoms with Crippen molar-refractivity contribution in [3.05, 3.63) is 63.2 Å². The van der Waals surface area contributed by atoms with Gasteiger partial charge in [0.25, 0.3) is 11.5 Å². The SMILES string of the molecule is O=C(N[C@H]1CC2(C1)C[C@H](c1n[nH]c(=O)c3ccccc31)C2)c1cnc(O)c(Cl)c1. The number of carbonyl (C=O) groups excluding carboxylic acids is 1. The predicted molar refractivity (Wildman–Crippen MR) is 108 cm³/mol. The molecule has 148 valence electrons. The highest BCUT2D eigenvalue weighted by Gasteiger charge is 2.54. The summed E-state index contributed by atoms with van der Waals surface area (Å²) in [5.41, 5.74) is 1.38. The highest BCUT2D eigenvalue weighted by atomic mass is 35.5. The van der Waals surface area contributed by atoms with Crippen LogP contribution in [-0.2, 0) is 0 Å². The lowest BCUT2D eigenvalue weighted by Crippen LogP contribution is -2.55. The summed E-state index contributed by atoms with van der Waals surface area (Å²) < 4.78 is 0. The summed E-state index contributed by atoms with van der Waals surface area (Å²) in [5.74, 6) is -0.188. The van der Waals surface area contributed by atoms with Crippen molar-refractivity contribution in [1.29, 1.82) is 0 Å². The lowest BCUT2D eigenvalue weighted by molar-refractivity contribution is -0.0196. The molecule has 2 aliphatic carbocycles. The van der Waals surface area contributed by atoms with Gasteiger partial charge in [-0.2, -0.15) is 5.10 Å². The third-order valence-corrected chi connectivity index (χ3v) is 6.53. The first-order chi connectivity index (χ1) is 13.9. The van der Waals surface area contributed by atoms with Crippen molar-refractivity contribution in [2.24, 2.45) is 5.41 Å². The lowest BCUT2D eigenvalue weighted by Gasteiger charge is -2.57. The summed E-state index contributed by atoms with van der Waals surface area (Å²) in [5, 5.41) is 21.0. The van der Waals surface area contributed by atoms with Crippen LogP contribution in [0.1, 0.15) is 47.7 Å². The zero-order valence-corrected chi connectivity index (χ0v) is 16.2. The molecule has 0 radical (unpaired) electrons. The number of aromatic amines is 1. The zero-order valence-electron chi connectivity index (χ0n) is 15.5. The van der Waals surface area contributed by atoms with E-state index in [-0.39, 0.29) is 33.8 Å². The summed E-state index contributed by atoms with van der Waals surface area (Å²) in [4.78, 5) is 28.0. The van der Waals surface area contributed by atoms with Gasteiger partial charge >= 0.3 is 0 Å². The number of hydrogen-bond acceptors (Lipinski definition) is 5. The molecule has 29 heavy (non-hydrogen) atoms. The van der Waals surface area contributed by atoms with Crippen LogP contribution in [0.3, 0.4) is 0 Å². The molecular formula is C21H19ClN4O3. The molecule has 0 saturated heterocycles. The maximum Gasteiger partial charge on any atom is 0.272 e. The second kappa shape index (κ2) is 6.56.